The van der Waals surface area contributed by atoms with Gasteiger partial charge in [0.25, 0.3) is 5.91 Å². The number of thiocarbonyl (C=S) groups is 1. The minimum Gasteiger partial charge on any atom is -0.491 e. The van der Waals surface area contributed by atoms with Gasteiger partial charge in [0.15, 0.2) is 5.11 Å². The van der Waals surface area contributed by atoms with Gasteiger partial charge in [-0.1, -0.05) is 19.3 Å². The fourth-order valence-corrected chi connectivity index (χ4v) is 3.20. The molecule has 0 atom stereocenters. The molecule has 2 rings (SSSR count). The lowest BCUT2D eigenvalue weighted by molar-refractivity contribution is 0.0971. The molecular formula is C19H28N2O3S. The molecule has 0 spiro atoms. The van der Waals surface area contributed by atoms with Crippen molar-refractivity contribution in [3.05, 3.63) is 29.8 Å². The van der Waals surface area contributed by atoms with Crippen LogP contribution in [0, 0.1) is 0 Å². The van der Waals surface area contributed by atoms with Crippen LogP contribution >= 0.6 is 12.2 Å². The number of hydrogen-bond acceptors (Lipinski definition) is 4. The summed E-state index contributed by atoms with van der Waals surface area (Å²) in [5.41, 5.74) is 0.566. The van der Waals surface area contributed by atoms with Crippen LogP contribution in [0.25, 0.3) is 0 Å². The molecule has 1 saturated carbocycles. The van der Waals surface area contributed by atoms with E-state index in [2.05, 4.69) is 5.32 Å². The fraction of sp³-hybridized carbons (Fsp3) is 0.579. The van der Waals surface area contributed by atoms with Crippen molar-refractivity contribution in [3.63, 3.8) is 0 Å². The van der Waals surface area contributed by atoms with Gasteiger partial charge in [-0.3, -0.25) is 10.1 Å². The molecule has 0 saturated heterocycles. The predicted octanol–water partition coefficient (Wildman–Crippen LogP) is 3.38. The lowest BCUT2D eigenvalue weighted by Crippen LogP contribution is -2.46. The van der Waals surface area contributed by atoms with Crippen molar-refractivity contribution in [2.45, 2.75) is 45.1 Å². The molecule has 138 valence electrons. The molecule has 5 nitrogen and oxygen atoms in total. The highest BCUT2D eigenvalue weighted by atomic mass is 32.1. The van der Waals surface area contributed by atoms with Crippen molar-refractivity contribution in [1.29, 1.82) is 0 Å². The van der Waals surface area contributed by atoms with E-state index < -0.39 is 0 Å². The van der Waals surface area contributed by atoms with Gasteiger partial charge in [0, 0.05) is 25.3 Å². The smallest absolute Gasteiger partial charge is 0.257 e. The van der Waals surface area contributed by atoms with Crippen LogP contribution in [0.3, 0.4) is 0 Å². The molecule has 0 bridgehead atoms. The van der Waals surface area contributed by atoms with Crippen molar-refractivity contribution in [2.24, 2.45) is 0 Å². The molecule has 1 amide bonds. The van der Waals surface area contributed by atoms with Crippen LogP contribution in [0.4, 0.5) is 0 Å². The highest BCUT2D eigenvalue weighted by Gasteiger charge is 2.21. The van der Waals surface area contributed by atoms with E-state index in [1.165, 1.54) is 19.3 Å². The van der Waals surface area contributed by atoms with Crippen LogP contribution in [-0.4, -0.2) is 48.8 Å². The lowest BCUT2D eigenvalue weighted by atomic mass is 9.95. The first-order chi connectivity index (χ1) is 12.1. The zero-order chi connectivity index (χ0) is 18.1. The molecule has 1 aromatic rings. The first-order valence-electron chi connectivity index (χ1n) is 9.00. The summed E-state index contributed by atoms with van der Waals surface area (Å²) >= 11 is 5.40. The molecule has 1 fully saturated rings. The van der Waals surface area contributed by atoms with E-state index in [1.54, 1.807) is 24.3 Å². The van der Waals surface area contributed by atoms with Gasteiger partial charge in [-0.05, 0) is 56.2 Å². The number of nitrogens with one attached hydrogen (secondary N) is 1. The molecule has 1 aliphatic carbocycles. The third-order valence-corrected chi connectivity index (χ3v) is 4.87. The summed E-state index contributed by atoms with van der Waals surface area (Å²) in [6, 6.07) is 7.50. The largest absolute Gasteiger partial charge is 0.491 e. The van der Waals surface area contributed by atoms with Crippen molar-refractivity contribution in [3.8, 4) is 5.75 Å². The number of nitrogens with zero attached hydrogens (tertiary/aromatic N) is 1. The molecule has 0 radical (unpaired) electrons. The van der Waals surface area contributed by atoms with Gasteiger partial charge in [0.1, 0.15) is 12.4 Å². The van der Waals surface area contributed by atoms with Crippen LogP contribution < -0.4 is 10.1 Å². The Bertz CT molecular complexity index is 556. The maximum atomic E-state index is 12.4. The Morgan fingerprint density at radius 2 is 1.88 bits per heavy atom. The van der Waals surface area contributed by atoms with Crippen molar-refractivity contribution < 1.29 is 14.3 Å². The van der Waals surface area contributed by atoms with E-state index >= 15 is 0 Å². The quantitative estimate of drug-likeness (QED) is 0.594. The zero-order valence-corrected chi connectivity index (χ0v) is 15.9. The second kappa shape index (κ2) is 10.4. The Kier molecular flexibility index (Phi) is 8.15. The Hall–Kier alpha value is -1.66. The molecule has 0 aliphatic heterocycles. The van der Waals surface area contributed by atoms with Crippen LogP contribution in [0.5, 0.6) is 5.75 Å². The SMILES string of the molecule is CCOCCOc1ccc(C(=O)NC(=S)N(C)C2CCCCC2)cc1. The number of carbonyl (C=O) groups is 1. The van der Waals surface area contributed by atoms with E-state index in [-0.39, 0.29) is 5.91 Å². The van der Waals surface area contributed by atoms with Gasteiger partial charge in [0.05, 0.1) is 6.61 Å². The van der Waals surface area contributed by atoms with Gasteiger partial charge in [-0.25, -0.2) is 0 Å². The average molecular weight is 365 g/mol. The number of carbonyl (C=O) groups excluding carboxylic acids is 1. The van der Waals surface area contributed by atoms with Gasteiger partial charge in [0.2, 0.25) is 0 Å². The van der Waals surface area contributed by atoms with E-state index in [9.17, 15) is 4.79 Å². The molecule has 6 heteroatoms. The minimum absolute atomic E-state index is 0.187. The Morgan fingerprint density at radius 1 is 1.20 bits per heavy atom. The van der Waals surface area contributed by atoms with E-state index in [4.69, 9.17) is 21.7 Å². The highest BCUT2D eigenvalue weighted by molar-refractivity contribution is 7.80. The summed E-state index contributed by atoms with van der Waals surface area (Å²) in [6.07, 6.45) is 6.04. The molecule has 25 heavy (non-hydrogen) atoms. The van der Waals surface area contributed by atoms with E-state index in [0.717, 1.165) is 18.6 Å². The van der Waals surface area contributed by atoms with Crippen LogP contribution in [0.1, 0.15) is 49.4 Å². The van der Waals surface area contributed by atoms with Gasteiger partial charge in [-0.15, -0.1) is 0 Å². The summed E-state index contributed by atoms with van der Waals surface area (Å²) in [5, 5.41) is 3.32. The molecule has 1 aromatic carbocycles. The van der Waals surface area contributed by atoms with Gasteiger partial charge < -0.3 is 14.4 Å². The molecule has 0 aromatic heterocycles. The van der Waals surface area contributed by atoms with Crippen LogP contribution in [0.15, 0.2) is 24.3 Å². The maximum absolute atomic E-state index is 12.4. The van der Waals surface area contributed by atoms with Crippen LogP contribution in [0.2, 0.25) is 0 Å². The number of ether oxygens (including phenoxy) is 2. The lowest BCUT2D eigenvalue weighted by Gasteiger charge is -2.32. The van der Waals surface area contributed by atoms with Crippen molar-refractivity contribution in [1.82, 2.24) is 10.2 Å². The Balaban J connectivity index is 1.82. The number of amides is 1. The van der Waals surface area contributed by atoms with E-state index in [1.807, 2.05) is 18.9 Å². The molecular weight excluding hydrogens is 336 g/mol. The third kappa shape index (κ3) is 6.29. The van der Waals surface area contributed by atoms with Crippen LogP contribution in [-0.2, 0) is 4.74 Å². The Morgan fingerprint density at radius 3 is 2.52 bits per heavy atom. The maximum Gasteiger partial charge on any atom is 0.257 e. The standard InChI is InChI=1S/C19H28N2O3S/c1-3-23-13-14-24-17-11-9-15(10-12-17)18(22)20-19(25)21(2)16-7-5-4-6-8-16/h9-12,16H,3-8,13-14H2,1-2H3,(H,20,22,25). The predicted molar refractivity (Wildman–Crippen MR) is 103 cm³/mol. The topological polar surface area (TPSA) is 50.8 Å². The number of rotatable bonds is 7. The van der Waals surface area contributed by atoms with Gasteiger partial charge >= 0.3 is 0 Å². The summed E-state index contributed by atoms with van der Waals surface area (Å²) in [4.78, 5) is 14.4. The zero-order valence-electron chi connectivity index (χ0n) is 15.1. The first kappa shape index (κ1) is 19.7. The monoisotopic (exact) mass is 364 g/mol. The average Bonchev–Trinajstić information content (AvgIpc) is 2.65. The highest BCUT2D eigenvalue weighted by Crippen LogP contribution is 2.21. The number of hydrogen-bond donors (Lipinski definition) is 1. The molecule has 0 heterocycles. The van der Waals surface area contributed by atoms with Crippen molar-refractivity contribution >= 4 is 23.2 Å². The summed E-state index contributed by atoms with van der Waals surface area (Å²) in [7, 11) is 1.97. The van der Waals surface area contributed by atoms with Crippen molar-refractivity contribution in [2.75, 3.05) is 26.9 Å². The molecule has 1 aliphatic rings. The summed E-state index contributed by atoms with van der Waals surface area (Å²) in [6.45, 7) is 3.68. The summed E-state index contributed by atoms with van der Waals surface area (Å²) in [5.74, 6) is 0.534. The van der Waals surface area contributed by atoms with Gasteiger partial charge in [-0.2, -0.15) is 0 Å². The van der Waals surface area contributed by atoms with E-state index in [0.29, 0.717) is 36.5 Å². The third-order valence-electron chi connectivity index (χ3n) is 4.48. The minimum atomic E-state index is -0.187. The normalized spacial score (nSPS) is 14.8. The number of benzene rings is 1. The fourth-order valence-electron chi connectivity index (χ4n) is 2.96. The first-order valence-corrected chi connectivity index (χ1v) is 9.41. The molecule has 1 N–H and O–H groups in total. The Labute approximate surface area is 155 Å². The summed E-state index contributed by atoms with van der Waals surface area (Å²) < 4.78 is 10.8. The molecule has 0 unspecified atom stereocenters. The second-order valence-electron chi connectivity index (χ2n) is 6.23. The second-order valence-corrected chi connectivity index (χ2v) is 6.62.